The van der Waals surface area contributed by atoms with Crippen LogP contribution in [0.25, 0.3) is 6.08 Å². The van der Waals surface area contributed by atoms with Crippen LogP contribution in [0, 0.1) is 11.8 Å². The van der Waals surface area contributed by atoms with E-state index in [1.807, 2.05) is 11.8 Å². The highest BCUT2D eigenvalue weighted by Gasteiger charge is 2.34. The molecule has 0 spiro atoms. The first-order chi connectivity index (χ1) is 17.8. The summed E-state index contributed by atoms with van der Waals surface area (Å²) in [6.07, 6.45) is 2.31. The van der Waals surface area contributed by atoms with Gasteiger partial charge in [0.15, 0.2) is 11.6 Å². The summed E-state index contributed by atoms with van der Waals surface area (Å²) in [7, 11) is 0. The number of Topliss-reactive ketones (excluding diaryl/α,β-unsaturated/α-hetero) is 1. The molecule has 0 saturated heterocycles. The van der Waals surface area contributed by atoms with Crippen molar-refractivity contribution in [2.24, 2.45) is 11.8 Å². The molecule has 3 unspecified atom stereocenters. The summed E-state index contributed by atoms with van der Waals surface area (Å²) in [6.45, 7) is 13.2. The van der Waals surface area contributed by atoms with Gasteiger partial charge in [0.05, 0.1) is 5.56 Å². The fourth-order valence-corrected chi connectivity index (χ4v) is 4.63. The predicted octanol–water partition coefficient (Wildman–Crippen LogP) is 5.67. The zero-order valence-electron chi connectivity index (χ0n) is 23.0. The molecule has 38 heavy (non-hydrogen) atoms. The highest BCUT2D eigenvalue weighted by molar-refractivity contribution is 5.92. The second-order valence-electron chi connectivity index (χ2n) is 10.5. The molecule has 0 fully saturated rings. The van der Waals surface area contributed by atoms with Gasteiger partial charge in [0, 0.05) is 44.4 Å². The lowest BCUT2D eigenvalue weighted by molar-refractivity contribution is -0.137. The van der Waals surface area contributed by atoms with Gasteiger partial charge in [-0.15, -0.1) is 0 Å². The van der Waals surface area contributed by atoms with Gasteiger partial charge in [-0.1, -0.05) is 40.5 Å². The monoisotopic (exact) mass is 533 g/mol. The molecule has 2 aromatic rings. The first kappa shape index (κ1) is 29.5. The summed E-state index contributed by atoms with van der Waals surface area (Å²) in [5, 5.41) is 0. The maximum absolute atomic E-state index is 13.0. The van der Waals surface area contributed by atoms with Crippen molar-refractivity contribution in [1.82, 2.24) is 19.5 Å². The molecule has 2 aromatic heterocycles. The lowest BCUT2D eigenvalue weighted by atomic mass is 9.94. The molecule has 2 aliphatic rings. The summed E-state index contributed by atoms with van der Waals surface area (Å²) in [5.41, 5.74) is 3.96. The molecule has 4 heterocycles. The number of fused-ring (bicyclic) bond motifs is 2. The number of nitrogens with zero attached hydrogens (tertiary/aromatic N) is 4. The van der Waals surface area contributed by atoms with Crippen LogP contribution < -0.4 is 11.0 Å². The van der Waals surface area contributed by atoms with Crippen molar-refractivity contribution >= 4 is 11.9 Å². The molecule has 208 valence electrons. The molecule has 0 radical (unpaired) electrons. The van der Waals surface area contributed by atoms with Crippen LogP contribution in [0.5, 0.6) is 0 Å². The maximum Gasteiger partial charge on any atom is 0.417 e. The van der Waals surface area contributed by atoms with Crippen molar-refractivity contribution in [1.29, 1.82) is 0 Å². The fraction of sp³-hybridized carbons (Fsp3) is 0.571. The van der Waals surface area contributed by atoms with Crippen molar-refractivity contribution in [2.75, 3.05) is 12.0 Å². The Morgan fingerprint density at radius 3 is 2.42 bits per heavy atom. The standard InChI is InChI=1S/C19H18F3N5O2.C9H20/c1-10-5-16-24-15(11(2)28)7-17(29)27(16)25-18(10)26-4-3-14-12(9-26)6-13(8-23-14)19(20,21)22;1-5-8(3)7-9(4)6-2/h5-8,18,25H,3-4,9H2,1-2H3;8-9H,5-7H2,1-4H3. The molecule has 0 saturated carbocycles. The Morgan fingerprint density at radius 2 is 1.84 bits per heavy atom. The number of pyridine rings is 1. The normalized spacial score (nSPS) is 18.7. The molecule has 3 atom stereocenters. The summed E-state index contributed by atoms with van der Waals surface area (Å²) in [5.74, 6) is 1.87. The van der Waals surface area contributed by atoms with Crippen molar-refractivity contribution < 1.29 is 18.0 Å². The minimum atomic E-state index is -4.45. The first-order valence-electron chi connectivity index (χ1n) is 13.2. The van der Waals surface area contributed by atoms with Crippen LogP contribution in [-0.2, 0) is 19.1 Å². The van der Waals surface area contributed by atoms with Crippen LogP contribution in [0.15, 0.2) is 28.7 Å². The average Bonchev–Trinajstić information content (AvgIpc) is 2.87. The molecule has 2 aliphatic heterocycles. The number of ketones is 1. The van der Waals surface area contributed by atoms with Crippen LogP contribution in [0.2, 0.25) is 0 Å². The van der Waals surface area contributed by atoms with E-state index in [0.29, 0.717) is 30.0 Å². The molecule has 10 heteroatoms. The van der Waals surface area contributed by atoms with Crippen molar-refractivity contribution in [3.8, 4) is 0 Å². The van der Waals surface area contributed by atoms with Crippen LogP contribution in [0.3, 0.4) is 0 Å². The third kappa shape index (κ3) is 7.09. The third-order valence-electron chi connectivity index (χ3n) is 7.31. The maximum atomic E-state index is 13.0. The van der Waals surface area contributed by atoms with Crippen LogP contribution >= 0.6 is 0 Å². The van der Waals surface area contributed by atoms with E-state index in [0.717, 1.165) is 35.7 Å². The van der Waals surface area contributed by atoms with Gasteiger partial charge in [-0.25, -0.2) is 9.66 Å². The zero-order chi connectivity index (χ0) is 28.2. The molecular weight excluding hydrogens is 495 g/mol. The topological polar surface area (TPSA) is 80.1 Å². The summed E-state index contributed by atoms with van der Waals surface area (Å²) in [4.78, 5) is 34.1. The first-order valence-corrected chi connectivity index (χ1v) is 13.2. The van der Waals surface area contributed by atoms with E-state index >= 15 is 0 Å². The van der Waals surface area contributed by atoms with Crippen molar-refractivity contribution in [3.63, 3.8) is 0 Å². The Bertz CT molecular complexity index is 1230. The minimum Gasteiger partial charge on any atom is -0.300 e. The number of alkyl halides is 3. The van der Waals surface area contributed by atoms with E-state index < -0.39 is 23.5 Å². The van der Waals surface area contributed by atoms with Gasteiger partial charge in [-0.3, -0.25) is 24.9 Å². The van der Waals surface area contributed by atoms with Crippen LogP contribution in [-0.4, -0.2) is 38.0 Å². The van der Waals surface area contributed by atoms with Crippen LogP contribution in [0.1, 0.15) is 93.9 Å². The molecule has 0 aliphatic carbocycles. The smallest absolute Gasteiger partial charge is 0.300 e. The Balaban J connectivity index is 0.000000383. The zero-order valence-corrected chi connectivity index (χ0v) is 23.0. The molecule has 0 aromatic carbocycles. The van der Waals surface area contributed by atoms with E-state index in [1.54, 1.807) is 6.08 Å². The molecule has 0 amide bonds. The second kappa shape index (κ2) is 12.2. The molecule has 7 nitrogen and oxygen atoms in total. The molecule has 0 bridgehead atoms. The highest BCUT2D eigenvalue weighted by Crippen LogP contribution is 2.32. The van der Waals surface area contributed by atoms with Gasteiger partial charge in [-0.2, -0.15) is 13.2 Å². The Hall–Kier alpha value is -3.01. The summed E-state index contributed by atoms with van der Waals surface area (Å²) < 4.78 is 40.3. The van der Waals surface area contributed by atoms with E-state index in [4.69, 9.17) is 0 Å². The minimum absolute atomic E-state index is 0.0863. The number of carbonyl (C=O) groups is 1. The van der Waals surface area contributed by atoms with Gasteiger partial charge < -0.3 is 0 Å². The fourth-order valence-electron chi connectivity index (χ4n) is 4.63. The summed E-state index contributed by atoms with van der Waals surface area (Å²) >= 11 is 0. The number of hydrogen-bond acceptors (Lipinski definition) is 6. The largest absolute Gasteiger partial charge is 0.417 e. The van der Waals surface area contributed by atoms with Crippen molar-refractivity contribution in [3.05, 3.63) is 62.6 Å². The predicted molar refractivity (Wildman–Crippen MR) is 142 cm³/mol. The SMILES string of the molecule is CC(=O)c1cc(=O)n2c(n1)C=C(C)C(N1CCc3ncc(C(F)(F)F)cc3C1)N2.CCC(C)CC(C)CC. The van der Waals surface area contributed by atoms with E-state index in [9.17, 15) is 22.8 Å². The summed E-state index contributed by atoms with van der Waals surface area (Å²) in [6, 6.07) is 2.30. The van der Waals surface area contributed by atoms with Gasteiger partial charge in [-0.05, 0) is 48.5 Å². The molecule has 4 rings (SSSR count). The number of nitrogens with one attached hydrogen (secondary N) is 1. The van der Waals surface area contributed by atoms with E-state index in [2.05, 4.69) is 43.1 Å². The third-order valence-corrected chi connectivity index (χ3v) is 7.31. The van der Waals surface area contributed by atoms with Gasteiger partial charge in [0.25, 0.3) is 5.56 Å². The number of halogens is 3. The number of aromatic nitrogens is 3. The van der Waals surface area contributed by atoms with Gasteiger partial charge in [0.2, 0.25) is 0 Å². The van der Waals surface area contributed by atoms with Crippen LogP contribution in [0.4, 0.5) is 13.2 Å². The molecule has 1 N–H and O–H groups in total. The van der Waals surface area contributed by atoms with E-state index in [-0.39, 0.29) is 18.0 Å². The number of rotatable bonds is 6. The van der Waals surface area contributed by atoms with Gasteiger partial charge >= 0.3 is 6.18 Å². The average molecular weight is 534 g/mol. The second-order valence-corrected chi connectivity index (χ2v) is 10.5. The Labute approximate surface area is 222 Å². The number of carbonyl (C=O) groups excluding carboxylic acids is 1. The molecular formula is C28H38F3N5O2. The quantitative estimate of drug-likeness (QED) is 0.482. The number of hydrogen-bond donors (Lipinski definition) is 1. The van der Waals surface area contributed by atoms with Gasteiger partial charge in [0.1, 0.15) is 11.9 Å². The van der Waals surface area contributed by atoms with E-state index in [1.165, 1.54) is 30.9 Å². The lowest BCUT2D eigenvalue weighted by Gasteiger charge is -2.38. The highest BCUT2D eigenvalue weighted by atomic mass is 19.4. The Morgan fingerprint density at radius 1 is 1.18 bits per heavy atom. The van der Waals surface area contributed by atoms with Crippen molar-refractivity contribution in [2.45, 2.75) is 86.1 Å². The Kier molecular flexibility index (Phi) is 9.51. The lowest BCUT2D eigenvalue weighted by Crippen LogP contribution is -2.51.